The molecular weight excluding hydrogens is 438 g/mol. The number of hydrogen-bond donors (Lipinski definition) is 1. The van der Waals surface area contributed by atoms with Crippen LogP contribution in [0.25, 0.3) is 11.1 Å². The molecule has 8 nitrogen and oxygen atoms in total. The van der Waals surface area contributed by atoms with Crippen LogP contribution in [-0.4, -0.2) is 57.1 Å². The van der Waals surface area contributed by atoms with E-state index in [0.717, 1.165) is 49.4 Å². The largest absolute Gasteiger partial charge is 0.431 e. The third-order valence-corrected chi connectivity index (χ3v) is 7.49. The number of rotatable bonds is 7. The third-order valence-electron chi connectivity index (χ3n) is 4.93. The molecule has 2 aromatic carbocycles. The molecule has 164 valence electrons. The second-order valence-corrected chi connectivity index (χ2v) is 10.2. The van der Waals surface area contributed by atoms with Gasteiger partial charge in [0.1, 0.15) is 5.52 Å². The molecule has 1 amide bonds. The van der Waals surface area contributed by atoms with E-state index in [4.69, 9.17) is 9.15 Å². The van der Waals surface area contributed by atoms with Gasteiger partial charge < -0.3 is 19.4 Å². The minimum Gasteiger partial charge on any atom is -0.431 e. The van der Waals surface area contributed by atoms with Gasteiger partial charge in [0.15, 0.2) is 15.4 Å². The van der Waals surface area contributed by atoms with Gasteiger partial charge in [-0.3, -0.25) is 4.79 Å². The van der Waals surface area contributed by atoms with Crippen molar-refractivity contribution in [2.75, 3.05) is 48.0 Å². The molecule has 0 saturated carbocycles. The van der Waals surface area contributed by atoms with E-state index < -0.39 is 9.84 Å². The lowest BCUT2D eigenvalue weighted by Gasteiger charge is -2.28. The van der Waals surface area contributed by atoms with Crippen molar-refractivity contribution in [3.8, 4) is 0 Å². The molecule has 1 aromatic heterocycles. The quantitative estimate of drug-likeness (QED) is 0.535. The number of carbonyl (C=O) groups is 1. The molecule has 0 unspecified atom stereocenters. The Morgan fingerprint density at radius 2 is 1.90 bits per heavy atom. The number of thioether (sulfide) groups is 1. The van der Waals surface area contributed by atoms with Gasteiger partial charge in [0.05, 0.1) is 29.6 Å². The summed E-state index contributed by atoms with van der Waals surface area (Å²) in [6.45, 7) is 4.76. The number of fused-ring (bicyclic) bond motifs is 1. The van der Waals surface area contributed by atoms with Gasteiger partial charge in [0.2, 0.25) is 5.91 Å². The number of nitrogens with zero attached hydrogens (tertiary/aromatic N) is 2. The van der Waals surface area contributed by atoms with Crippen LogP contribution in [0.15, 0.2) is 57.0 Å². The number of nitrogens with one attached hydrogen (secondary N) is 1. The monoisotopic (exact) mass is 461 g/mol. The average molecular weight is 462 g/mol. The summed E-state index contributed by atoms with van der Waals surface area (Å²) in [4.78, 5) is 19.1. The van der Waals surface area contributed by atoms with E-state index in [1.807, 2.05) is 24.3 Å². The summed E-state index contributed by atoms with van der Waals surface area (Å²) in [5, 5.41) is 3.18. The number of ether oxygens (including phenoxy) is 1. The number of sulfone groups is 1. The number of hydrogen-bond acceptors (Lipinski definition) is 8. The van der Waals surface area contributed by atoms with Crippen LogP contribution in [0, 0.1) is 0 Å². The predicted octanol–water partition coefficient (Wildman–Crippen LogP) is 3.19. The Hall–Kier alpha value is -2.56. The number of aromatic nitrogens is 1. The van der Waals surface area contributed by atoms with Crippen LogP contribution < -0.4 is 10.2 Å². The van der Waals surface area contributed by atoms with Crippen molar-refractivity contribution in [1.29, 1.82) is 0 Å². The van der Waals surface area contributed by atoms with E-state index in [0.29, 0.717) is 16.3 Å². The Kier molecular flexibility index (Phi) is 6.49. The first-order valence-electron chi connectivity index (χ1n) is 9.93. The van der Waals surface area contributed by atoms with Gasteiger partial charge in [0, 0.05) is 24.5 Å². The van der Waals surface area contributed by atoms with E-state index >= 15 is 0 Å². The van der Waals surface area contributed by atoms with E-state index in [9.17, 15) is 13.2 Å². The van der Waals surface area contributed by atoms with Crippen LogP contribution in [0.1, 0.15) is 6.92 Å². The number of anilines is 2. The Labute approximate surface area is 184 Å². The van der Waals surface area contributed by atoms with Gasteiger partial charge in [-0.25, -0.2) is 13.4 Å². The van der Waals surface area contributed by atoms with Crippen molar-refractivity contribution in [1.82, 2.24) is 4.98 Å². The molecule has 31 heavy (non-hydrogen) atoms. The Balaban J connectivity index is 1.34. The molecule has 1 N–H and O–H groups in total. The van der Waals surface area contributed by atoms with Crippen LogP contribution in [0.3, 0.4) is 0 Å². The summed E-state index contributed by atoms with van der Waals surface area (Å²) in [7, 11) is -3.31. The second kappa shape index (κ2) is 9.29. The highest BCUT2D eigenvalue weighted by Gasteiger charge is 2.16. The molecule has 0 bridgehead atoms. The highest BCUT2D eigenvalue weighted by molar-refractivity contribution is 7.99. The number of amides is 1. The Bertz CT molecular complexity index is 1170. The fourth-order valence-corrected chi connectivity index (χ4v) is 4.75. The summed E-state index contributed by atoms with van der Waals surface area (Å²) in [6, 6.07) is 12.3. The second-order valence-electron chi connectivity index (χ2n) is 7.00. The smallest absolute Gasteiger partial charge is 0.257 e. The zero-order valence-electron chi connectivity index (χ0n) is 17.0. The first-order valence-corrected chi connectivity index (χ1v) is 12.6. The molecule has 0 atom stereocenters. The summed E-state index contributed by atoms with van der Waals surface area (Å²) in [5.41, 5.74) is 2.76. The summed E-state index contributed by atoms with van der Waals surface area (Å²) in [5.74, 6) is -0.0374. The molecule has 0 spiro atoms. The van der Waals surface area contributed by atoms with Crippen LogP contribution >= 0.6 is 11.8 Å². The minimum atomic E-state index is -3.31. The number of morpholine rings is 1. The molecule has 0 radical (unpaired) electrons. The topological polar surface area (TPSA) is 102 Å². The van der Waals surface area contributed by atoms with Crippen LogP contribution in [0.5, 0.6) is 0 Å². The molecule has 2 heterocycles. The molecule has 4 rings (SSSR count). The van der Waals surface area contributed by atoms with Crippen molar-refractivity contribution in [3.05, 3.63) is 42.5 Å². The first-order chi connectivity index (χ1) is 14.9. The predicted molar refractivity (Wildman–Crippen MR) is 121 cm³/mol. The molecule has 1 aliphatic rings. The van der Waals surface area contributed by atoms with E-state index in [1.165, 1.54) is 12.1 Å². The van der Waals surface area contributed by atoms with Crippen LogP contribution in [-0.2, 0) is 19.4 Å². The number of benzene rings is 2. The van der Waals surface area contributed by atoms with E-state index in [2.05, 4.69) is 15.2 Å². The lowest BCUT2D eigenvalue weighted by atomic mass is 10.2. The van der Waals surface area contributed by atoms with E-state index in [-0.39, 0.29) is 22.3 Å². The SMILES string of the molecule is CCS(=O)(=O)c1ccc2oc(SCC(=O)Nc3ccc(N4CCOCC4)cc3)nc2c1. The molecular formula is C21H23N3O5S2. The van der Waals surface area contributed by atoms with Crippen molar-refractivity contribution >= 4 is 50.0 Å². The number of oxazole rings is 1. The van der Waals surface area contributed by atoms with Crippen molar-refractivity contribution < 1.29 is 22.4 Å². The van der Waals surface area contributed by atoms with Crippen molar-refractivity contribution in [2.45, 2.75) is 17.0 Å². The van der Waals surface area contributed by atoms with Gasteiger partial charge in [-0.05, 0) is 42.5 Å². The lowest BCUT2D eigenvalue weighted by Crippen LogP contribution is -2.36. The third kappa shape index (κ3) is 5.20. The molecule has 3 aromatic rings. The Morgan fingerprint density at radius 3 is 2.61 bits per heavy atom. The maximum Gasteiger partial charge on any atom is 0.257 e. The zero-order chi connectivity index (χ0) is 21.8. The Morgan fingerprint density at radius 1 is 1.16 bits per heavy atom. The minimum absolute atomic E-state index is 0.0194. The fraction of sp³-hybridized carbons (Fsp3) is 0.333. The van der Waals surface area contributed by atoms with Gasteiger partial charge in [-0.2, -0.15) is 0 Å². The van der Waals surface area contributed by atoms with Crippen molar-refractivity contribution in [3.63, 3.8) is 0 Å². The zero-order valence-corrected chi connectivity index (χ0v) is 18.7. The summed E-state index contributed by atoms with van der Waals surface area (Å²) >= 11 is 1.16. The summed E-state index contributed by atoms with van der Waals surface area (Å²) < 4.78 is 35.0. The van der Waals surface area contributed by atoms with E-state index in [1.54, 1.807) is 13.0 Å². The average Bonchev–Trinajstić information content (AvgIpc) is 3.21. The highest BCUT2D eigenvalue weighted by Crippen LogP contribution is 2.26. The standard InChI is InChI=1S/C21H23N3O5S2/c1-2-31(26,27)17-7-8-19-18(13-17)23-21(29-19)30-14-20(25)22-15-3-5-16(6-4-15)24-9-11-28-12-10-24/h3-8,13H,2,9-12,14H2,1H3,(H,22,25). The molecule has 10 heteroatoms. The molecule has 1 aliphatic heterocycles. The summed E-state index contributed by atoms with van der Waals surface area (Å²) in [6.07, 6.45) is 0. The van der Waals surface area contributed by atoms with Gasteiger partial charge in [-0.15, -0.1) is 0 Å². The molecule has 1 saturated heterocycles. The first kappa shape index (κ1) is 21.7. The lowest BCUT2D eigenvalue weighted by molar-refractivity contribution is -0.113. The van der Waals surface area contributed by atoms with Gasteiger partial charge >= 0.3 is 0 Å². The highest BCUT2D eigenvalue weighted by atomic mass is 32.2. The normalized spacial score (nSPS) is 14.7. The van der Waals surface area contributed by atoms with Crippen LogP contribution in [0.2, 0.25) is 0 Å². The molecule has 1 fully saturated rings. The van der Waals surface area contributed by atoms with Gasteiger partial charge in [0.25, 0.3) is 5.22 Å². The number of carbonyl (C=O) groups excluding carboxylic acids is 1. The maximum absolute atomic E-state index is 12.3. The maximum atomic E-state index is 12.3. The molecule has 0 aliphatic carbocycles. The van der Waals surface area contributed by atoms with Gasteiger partial charge in [-0.1, -0.05) is 18.7 Å². The van der Waals surface area contributed by atoms with Crippen LogP contribution in [0.4, 0.5) is 11.4 Å². The van der Waals surface area contributed by atoms with Crippen molar-refractivity contribution in [2.24, 2.45) is 0 Å². The fourth-order valence-electron chi connectivity index (χ4n) is 3.21.